The first-order valence-corrected chi connectivity index (χ1v) is 6.20. The zero-order chi connectivity index (χ0) is 12.8. The lowest BCUT2D eigenvalue weighted by Crippen LogP contribution is -2.12. The number of ether oxygens (including phenoxy) is 1. The maximum atomic E-state index is 5.09. The lowest BCUT2D eigenvalue weighted by molar-refractivity contribution is 0.177. The number of aromatic nitrogens is 2. The van der Waals surface area contributed by atoms with Crippen molar-refractivity contribution in [1.29, 1.82) is 0 Å². The van der Waals surface area contributed by atoms with Crippen LogP contribution in [0.15, 0.2) is 0 Å². The lowest BCUT2D eigenvalue weighted by atomic mass is 10.0. The standard InChI is InChI=1S/C13H23N3O/c1-6-7-14-13-12(9(2)3)10(4)15-11(16-13)8-17-5/h9H,6-8H2,1-5H3,(H,14,15,16). The van der Waals surface area contributed by atoms with Crippen LogP contribution in [-0.4, -0.2) is 23.6 Å². The van der Waals surface area contributed by atoms with Crippen LogP contribution in [0.5, 0.6) is 0 Å². The van der Waals surface area contributed by atoms with E-state index in [1.807, 2.05) is 6.92 Å². The third-order valence-corrected chi connectivity index (χ3v) is 2.58. The molecule has 1 rings (SSSR count). The first-order chi connectivity index (χ1) is 8.10. The summed E-state index contributed by atoms with van der Waals surface area (Å²) in [5.74, 6) is 2.13. The fourth-order valence-electron chi connectivity index (χ4n) is 1.90. The molecule has 4 heteroatoms. The lowest BCUT2D eigenvalue weighted by Gasteiger charge is -2.16. The first-order valence-electron chi connectivity index (χ1n) is 6.20. The Morgan fingerprint density at radius 1 is 1.29 bits per heavy atom. The van der Waals surface area contributed by atoms with Crippen molar-refractivity contribution < 1.29 is 4.74 Å². The van der Waals surface area contributed by atoms with Gasteiger partial charge in [0, 0.05) is 24.9 Å². The van der Waals surface area contributed by atoms with Gasteiger partial charge in [-0.2, -0.15) is 0 Å². The van der Waals surface area contributed by atoms with Crippen LogP contribution < -0.4 is 5.32 Å². The summed E-state index contributed by atoms with van der Waals surface area (Å²) in [4.78, 5) is 9.01. The molecule has 0 fully saturated rings. The molecule has 0 atom stereocenters. The quantitative estimate of drug-likeness (QED) is 0.826. The maximum absolute atomic E-state index is 5.09. The van der Waals surface area contributed by atoms with E-state index in [2.05, 4.69) is 36.1 Å². The smallest absolute Gasteiger partial charge is 0.156 e. The SMILES string of the molecule is CCCNc1nc(COC)nc(C)c1C(C)C. The topological polar surface area (TPSA) is 47.0 Å². The zero-order valence-corrected chi connectivity index (χ0v) is 11.5. The molecule has 96 valence electrons. The molecule has 0 aliphatic carbocycles. The molecule has 1 aromatic heterocycles. The molecule has 4 nitrogen and oxygen atoms in total. The van der Waals surface area contributed by atoms with Gasteiger partial charge in [0.25, 0.3) is 0 Å². The van der Waals surface area contributed by atoms with Gasteiger partial charge in [-0.1, -0.05) is 20.8 Å². The van der Waals surface area contributed by atoms with Gasteiger partial charge < -0.3 is 10.1 Å². The highest BCUT2D eigenvalue weighted by Crippen LogP contribution is 2.25. The number of anilines is 1. The highest BCUT2D eigenvalue weighted by atomic mass is 16.5. The Bertz CT molecular complexity index is 364. The van der Waals surface area contributed by atoms with Gasteiger partial charge in [-0.3, -0.25) is 0 Å². The van der Waals surface area contributed by atoms with E-state index in [1.54, 1.807) is 7.11 Å². The van der Waals surface area contributed by atoms with Crippen LogP contribution in [0, 0.1) is 6.92 Å². The molecule has 1 aromatic rings. The molecule has 0 amide bonds. The average molecular weight is 237 g/mol. The van der Waals surface area contributed by atoms with Crippen LogP contribution in [-0.2, 0) is 11.3 Å². The summed E-state index contributed by atoms with van der Waals surface area (Å²) in [6.45, 7) is 9.90. The van der Waals surface area contributed by atoms with Crippen molar-refractivity contribution in [2.45, 2.75) is 46.6 Å². The van der Waals surface area contributed by atoms with Crippen molar-refractivity contribution in [2.24, 2.45) is 0 Å². The van der Waals surface area contributed by atoms with Crippen molar-refractivity contribution in [3.05, 3.63) is 17.1 Å². The summed E-state index contributed by atoms with van der Waals surface area (Å²) in [6.07, 6.45) is 1.08. The van der Waals surface area contributed by atoms with Crippen LogP contribution in [0.1, 0.15) is 50.2 Å². The van der Waals surface area contributed by atoms with Crippen LogP contribution in [0.2, 0.25) is 0 Å². The molecule has 17 heavy (non-hydrogen) atoms. The summed E-state index contributed by atoms with van der Waals surface area (Å²) >= 11 is 0. The van der Waals surface area contributed by atoms with E-state index in [9.17, 15) is 0 Å². The fourth-order valence-corrected chi connectivity index (χ4v) is 1.90. The Morgan fingerprint density at radius 3 is 2.53 bits per heavy atom. The Hall–Kier alpha value is -1.16. The van der Waals surface area contributed by atoms with E-state index in [1.165, 1.54) is 5.56 Å². The van der Waals surface area contributed by atoms with Crippen molar-refractivity contribution in [1.82, 2.24) is 9.97 Å². The minimum absolute atomic E-state index is 0.422. The third kappa shape index (κ3) is 3.66. The van der Waals surface area contributed by atoms with Gasteiger partial charge in [-0.15, -0.1) is 0 Å². The van der Waals surface area contributed by atoms with Crippen LogP contribution in [0.4, 0.5) is 5.82 Å². The molecule has 0 aliphatic heterocycles. The second-order valence-electron chi connectivity index (χ2n) is 4.50. The summed E-state index contributed by atoms with van der Waals surface area (Å²) in [5, 5.41) is 3.38. The predicted octanol–water partition coefficient (Wildman–Crippen LogP) is 2.88. The van der Waals surface area contributed by atoms with Gasteiger partial charge in [0.1, 0.15) is 12.4 Å². The highest BCUT2D eigenvalue weighted by molar-refractivity contribution is 5.48. The van der Waals surface area contributed by atoms with Gasteiger partial charge >= 0.3 is 0 Å². The van der Waals surface area contributed by atoms with Crippen molar-refractivity contribution >= 4 is 5.82 Å². The van der Waals surface area contributed by atoms with Crippen molar-refractivity contribution in [2.75, 3.05) is 19.0 Å². The number of hydrogen-bond donors (Lipinski definition) is 1. The van der Waals surface area contributed by atoms with Gasteiger partial charge in [-0.05, 0) is 19.3 Å². The number of nitrogens with zero attached hydrogens (tertiary/aromatic N) is 2. The van der Waals surface area contributed by atoms with Crippen LogP contribution >= 0.6 is 0 Å². The molecule has 1 heterocycles. The predicted molar refractivity (Wildman–Crippen MR) is 70.4 cm³/mol. The number of rotatable bonds is 6. The Balaban J connectivity index is 3.09. The average Bonchev–Trinajstić information content (AvgIpc) is 2.25. The second kappa shape index (κ2) is 6.55. The number of nitrogens with one attached hydrogen (secondary N) is 1. The number of hydrogen-bond acceptors (Lipinski definition) is 4. The van der Waals surface area contributed by atoms with Gasteiger partial charge in [0.15, 0.2) is 5.82 Å². The molecule has 0 saturated carbocycles. The van der Waals surface area contributed by atoms with E-state index >= 15 is 0 Å². The minimum atomic E-state index is 0.422. The van der Waals surface area contributed by atoms with E-state index in [4.69, 9.17) is 4.74 Å². The van der Waals surface area contributed by atoms with E-state index < -0.39 is 0 Å². The molecular weight excluding hydrogens is 214 g/mol. The Labute approximate surface area is 104 Å². The molecule has 0 radical (unpaired) electrons. The number of aryl methyl sites for hydroxylation is 1. The van der Waals surface area contributed by atoms with E-state index in [0.29, 0.717) is 12.5 Å². The molecule has 0 unspecified atom stereocenters. The van der Waals surface area contributed by atoms with E-state index in [0.717, 1.165) is 30.3 Å². The largest absolute Gasteiger partial charge is 0.377 e. The number of methoxy groups -OCH3 is 1. The zero-order valence-electron chi connectivity index (χ0n) is 11.5. The maximum Gasteiger partial charge on any atom is 0.156 e. The van der Waals surface area contributed by atoms with Gasteiger partial charge in [0.2, 0.25) is 0 Å². The van der Waals surface area contributed by atoms with Crippen LogP contribution in [0.25, 0.3) is 0 Å². The Kier molecular flexibility index (Phi) is 5.35. The molecule has 1 N–H and O–H groups in total. The second-order valence-corrected chi connectivity index (χ2v) is 4.50. The summed E-state index contributed by atoms with van der Waals surface area (Å²) in [7, 11) is 1.66. The molecule has 0 bridgehead atoms. The molecule has 0 aliphatic rings. The normalized spacial score (nSPS) is 10.9. The molecule has 0 saturated heterocycles. The Morgan fingerprint density at radius 2 is 2.00 bits per heavy atom. The molecule has 0 aromatic carbocycles. The molecule has 0 spiro atoms. The third-order valence-electron chi connectivity index (χ3n) is 2.58. The van der Waals surface area contributed by atoms with Crippen LogP contribution in [0.3, 0.4) is 0 Å². The summed E-state index contributed by atoms with van der Waals surface area (Å²) in [5.41, 5.74) is 2.25. The van der Waals surface area contributed by atoms with Crippen molar-refractivity contribution in [3.8, 4) is 0 Å². The summed E-state index contributed by atoms with van der Waals surface area (Å²) in [6, 6.07) is 0. The summed E-state index contributed by atoms with van der Waals surface area (Å²) < 4.78 is 5.09. The van der Waals surface area contributed by atoms with Gasteiger partial charge in [-0.25, -0.2) is 9.97 Å². The van der Waals surface area contributed by atoms with Crippen molar-refractivity contribution in [3.63, 3.8) is 0 Å². The molecular formula is C13H23N3O. The van der Waals surface area contributed by atoms with E-state index in [-0.39, 0.29) is 0 Å². The minimum Gasteiger partial charge on any atom is -0.377 e. The fraction of sp³-hybridized carbons (Fsp3) is 0.692. The van der Waals surface area contributed by atoms with Gasteiger partial charge in [0.05, 0.1) is 0 Å². The highest BCUT2D eigenvalue weighted by Gasteiger charge is 2.14. The first kappa shape index (κ1) is 13.9. The monoisotopic (exact) mass is 237 g/mol.